The zero-order chi connectivity index (χ0) is 31.0. The molecule has 0 aliphatic heterocycles. The molecule has 0 aromatic heterocycles. The Kier molecular flexibility index (Phi) is 7.11. The van der Waals surface area contributed by atoms with E-state index in [1.807, 2.05) is 86.6 Å². The first-order chi connectivity index (χ1) is 22.0. The van der Waals surface area contributed by atoms with Gasteiger partial charge in [-0.25, -0.2) is 0 Å². The number of rotatable bonds is 6. The third-order valence-electron chi connectivity index (χ3n) is 8.84. The lowest BCUT2D eigenvalue weighted by Gasteiger charge is -2.35. The Bertz CT molecular complexity index is 1920. The van der Waals surface area contributed by atoms with Gasteiger partial charge in [0.2, 0.25) is 0 Å². The van der Waals surface area contributed by atoms with Gasteiger partial charge in [0, 0.05) is 22.5 Å². The van der Waals surface area contributed by atoms with Crippen molar-refractivity contribution in [3.63, 3.8) is 0 Å². The first-order valence-corrected chi connectivity index (χ1v) is 15.1. The molecular formula is C41H32N2O2. The summed E-state index contributed by atoms with van der Waals surface area (Å²) in [5.41, 5.74) is 11.1. The zero-order valence-electron chi connectivity index (χ0n) is 25.2. The number of hydrogen-bond donors (Lipinski definition) is 2. The maximum atomic E-state index is 13.0. The summed E-state index contributed by atoms with van der Waals surface area (Å²) in [6.07, 6.45) is 0. The molecule has 0 fully saturated rings. The van der Waals surface area contributed by atoms with Crippen LogP contribution < -0.4 is 10.6 Å². The van der Waals surface area contributed by atoms with Gasteiger partial charge in [-0.1, -0.05) is 109 Å². The van der Waals surface area contributed by atoms with Crippen LogP contribution in [0.4, 0.5) is 11.4 Å². The van der Waals surface area contributed by atoms with Crippen molar-refractivity contribution in [2.45, 2.75) is 19.3 Å². The Morgan fingerprint density at radius 1 is 0.467 bits per heavy atom. The van der Waals surface area contributed by atoms with Gasteiger partial charge in [0.15, 0.2) is 0 Å². The molecule has 0 atom stereocenters. The van der Waals surface area contributed by atoms with Crippen LogP contribution in [0.1, 0.15) is 54.1 Å². The van der Waals surface area contributed by atoms with Gasteiger partial charge in [0.05, 0.1) is 5.41 Å². The molecule has 2 amide bonds. The van der Waals surface area contributed by atoms with Crippen LogP contribution in [0, 0.1) is 13.8 Å². The Morgan fingerprint density at radius 2 is 0.844 bits per heavy atom. The van der Waals surface area contributed by atoms with E-state index < -0.39 is 5.41 Å². The van der Waals surface area contributed by atoms with Gasteiger partial charge >= 0.3 is 0 Å². The van der Waals surface area contributed by atoms with Crippen molar-refractivity contribution in [3.8, 4) is 11.1 Å². The minimum absolute atomic E-state index is 0.138. The Hall–Kier alpha value is -5.74. The summed E-state index contributed by atoms with van der Waals surface area (Å²) in [5.74, 6) is -0.275. The summed E-state index contributed by atoms with van der Waals surface area (Å²) in [5, 5.41) is 6.21. The minimum atomic E-state index is -0.605. The molecule has 2 N–H and O–H groups in total. The van der Waals surface area contributed by atoms with Crippen molar-refractivity contribution in [1.82, 2.24) is 0 Å². The molecule has 6 aromatic rings. The standard InChI is InChI=1S/C41H32N2O2/c1-27-25-31(21-23-37(27)42-39(44)29-13-5-3-6-14-29)41(35-19-11-9-17-33(35)34-18-10-12-20-36(34)41)32-22-24-38(28(2)26-32)43-40(45)30-15-7-4-8-16-30/h3-26H,1-2H3,(H,42,44)(H,43,45). The maximum Gasteiger partial charge on any atom is 0.255 e. The second-order valence-electron chi connectivity index (χ2n) is 11.5. The molecule has 0 radical (unpaired) electrons. The summed E-state index contributed by atoms with van der Waals surface area (Å²) >= 11 is 0. The van der Waals surface area contributed by atoms with E-state index in [2.05, 4.69) is 83.4 Å². The first-order valence-electron chi connectivity index (χ1n) is 15.1. The molecule has 45 heavy (non-hydrogen) atoms. The number of aryl methyl sites for hydroxylation is 2. The highest BCUT2D eigenvalue weighted by atomic mass is 16.2. The number of fused-ring (bicyclic) bond motifs is 3. The number of amides is 2. The predicted octanol–water partition coefficient (Wildman–Crippen LogP) is 9.17. The van der Waals surface area contributed by atoms with E-state index in [1.165, 1.54) is 22.3 Å². The second kappa shape index (κ2) is 11.4. The predicted molar refractivity (Wildman–Crippen MR) is 182 cm³/mol. The van der Waals surface area contributed by atoms with Crippen molar-refractivity contribution >= 4 is 23.2 Å². The largest absolute Gasteiger partial charge is 0.322 e. The van der Waals surface area contributed by atoms with E-state index >= 15 is 0 Å². The van der Waals surface area contributed by atoms with Crippen molar-refractivity contribution in [2.75, 3.05) is 10.6 Å². The summed E-state index contributed by atoms with van der Waals surface area (Å²) < 4.78 is 0. The summed E-state index contributed by atoms with van der Waals surface area (Å²) in [6.45, 7) is 4.08. The van der Waals surface area contributed by atoms with Crippen LogP contribution in [0.2, 0.25) is 0 Å². The average molecular weight is 585 g/mol. The van der Waals surface area contributed by atoms with Gasteiger partial charge in [-0.3, -0.25) is 9.59 Å². The Morgan fingerprint density at radius 3 is 1.24 bits per heavy atom. The van der Waals surface area contributed by atoms with Crippen molar-refractivity contribution in [1.29, 1.82) is 0 Å². The van der Waals surface area contributed by atoms with E-state index in [9.17, 15) is 9.59 Å². The summed E-state index contributed by atoms with van der Waals surface area (Å²) in [7, 11) is 0. The molecule has 218 valence electrons. The molecule has 0 spiro atoms. The van der Waals surface area contributed by atoms with Gasteiger partial charge in [0.1, 0.15) is 0 Å². The van der Waals surface area contributed by atoms with Gasteiger partial charge in [-0.05, 0) is 94.8 Å². The summed E-state index contributed by atoms with van der Waals surface area (Å²) in [6, 6.07) is 48.4. The van der Waals surface area contributed by atoms with Crippen LogP contribution in [-0.2, 0) is 5.41 Å². The average Bonchev–Trinajstić information content (AvgIpc) is 3.38. The molecular weight excluding hydrogens is 552 g/mol. The molecule has 1 aliphatic rings. The Labute approximate surface area is 263 Å². The van der Waals surface area contributed by atoms with E-state index in [0.717, 1.165) is 33.6 Å². The molecule has 0 heterocycles. The second-order valence-corrected chi connectivity index (χ2v) is 11.5. The molecule has 4 nitrogen and oxygen atoms in total. The van der Waals surface area contributed by atoms with Gasteiger partial charge in [-0.15, -0.1) is 0 Å². The van der Waals surface area contributed by atoms with E-state index in [1.54, 1.807) is 0 Å². The van der Waals surface area contributed by atoms with Crippen molar-refractivity contribution < 1.29 is 9.59 Å². The molecule has 0 saturated heterocycles. The van der Waals surface area contributed by atoms with Crippen molar-refractivity contribution in [3.05, 3.63) is 190 Å². The third-order valence-corrected chi connectivity index (χ3v) is 8.84. The lowest BCUT2D eigenvalue weighted by Crippen LogP contribution is -2.29. The minimum Gasteiger partial charge on any atom is -0.322 e. The smallest absolute Gasteiger partial charge is 0.255 e. The SMILES string of the molecule is Cc1cc(C2(c3ccc(NC(=O)c4ccccc4)c(C)c3)c3ccccc3-c3ccccc32)ccc1NC(=O)c1ccccc1. The number of carbonyl (C=O) groups excluding carboxylic acids is 2. The molecule has 0 unspecified atom stereocenters. The highest BCUT2D eigenvalue weighted by Crippen LogP contribution is 2.56. The first kappa shape index (κ1) is 28.1. The molecule has 4 heteroatoms. The van der Waals surface area contributed by atoms with Gasteiger partial charge in [-0.2, -0.15) is 0 Å². The van der Waals surface area contributed by atoms with Gasteiger partial charge < -0.3 is 10.6 Å². The molecule has 6 aromatic carbocycles. The molecule has 0 bridgehead atoms. The Balaban J connectivity index is 1.36. The summed E-state index contributed by atoms with van der Waals surface area (Å²) in [4.78, 5) is 26.0. The quantitative estimate of drug-likeness (QED) is 0.205. The van der Waals surface area contributed by atoms with Crippen LogP contribution in [0.15, 0.2) is 146 Å². The van der Waals surface area contributed by atoms with Crippen LogP contribution in [0.25, 0.3) is 11.1 Å². The van der Waals surface area contributed by atoms with Crippen LogP contribution in [0.5, 0.6) is 0 Å². The number of anilines is 2. The van der Waals surface area contributed by atoms with Crippen LogP contribution in [0.3, 0.4) is 0 Å². The lowest BCUT2D eigenvalue weighted by molar-refractivity contribution is 0.101. The number of benzene rings is 6. The fourth-order valence-corrected chi connectivity index (χ4v) is 6.67. The molecule has 1 aliphatic carbocycles. The highest BCUT2D eigenvalue weighted by molar-refractivity contribution is 6.05. The molecule has 0 saturated carbocycles. The fourth-order valence-electron chi connectivity index (χ4n) is 6.67. The van der Waals surface area contributed by atoms with Gasteiger partial charge in [0.25, 0.3) is 11.8 Å². The topological polar surface area (TPSA) is 58.2 Å². The zero-order valence-corrected chi connectivity index (χ0v) is 25.2. The van der Waals surface area contributed by atoms with E-state index in [4.69, 9.17) is 0 Å². The van der Waals surface area contributed by atoms with Crippen LogP contribution in [-0.4, -0.2) is 11.8 Å². The highest BCUT2D eigenvalue weighted by Gasteiger charge is 2.46. The normalized spacial score (nSPS) is 12.6. The maximum absolute atomic E-state index is 13.0. The van der Waals surface area contributed by atoms with Crippen LogP contribution >= 0.6 is 0 Å². The lowest BCUT2D eigenvalue weighted by atomic mass is 9.67. The van der Waals surface area contributed by atoms with Crippen molar-refractivity contribution in [2.24, 2.45) is 0 Å². The number of nitrogens with one attached hydrogen (secondary N) is 2. The number of carbonyl (C=O) groups is 2. The number of hydrogen-bond acceptors (Lipinski definition) is 2. The monoisotopic (exact) mass is 584 g/mol. The fraction of sp³-hybridized carbons (Fsp3) is 0.0732. The van der Waals surface area contributed by atoms with E-state index in [0.29, 0.717) is 11.1 Å². The van der Waals surface area contributed by atoms with E-state index in [-0.39, 0.29) is 11.8 Å². The third kappa shape index (κ3) is 4.81. The molecule has 7 rings (SSSR count).